The van der Waals surface area contributed by atoms with Crippen molar-refractivity contribution in [1.82, 2.24) is 9.78 Å². The number of alkyl halides is 2. The van der Waals surface area contributed by atoms with Crippen molar-refractivity contribution >= 4 is 11.6 Å². The summed E-state index contributed by atoms with van der Waals surface area (Å²) in [7, 11) is 0. The van der Waals surface area contributed by atoms with Gasteiger partial charge in [0.05, 0.1) is 5.54 Å². The molecule has 14 heavy (non-hydrogen) atoms. The van der Waals surface area contributed by atoms with Gasteiger partial charge in [0.2, 0.25) is 0 Å². The minimum Gasteiger partial charge on any atom is -0.254 e. The van der Waals surface area contributed by atoms with Crippen LogP contribution in [0.2, 0.25) is 5.15 Å². The molecule has 0 radical (unpaired) electrons. The Hall–Kier alpha value is -0.710. The summed E-state index contributed by atoms with van der Waals surface area (Å²) in [5.74, 6) is -1.14. The first kappa shape index (κ1) is 11.4. The lowest BCUT2D eigenvalue weighted by molar-refractivity contribution is 0.125. The van der Waals surface area contributed by atoms with Gasteiger partial charge in [0.25, 0.3) is 6.43 Å². The molecule has 0 saturated heterocycles. The Labute approximate surface area is 84.7 Å². The monoisotopic (exact) mass is 226 g/mol. The van der Waals surface area contributed by atoms with Gasteiger partial charge in [-0.2, -0.15) is 5.10 Å². The zero-order valence-corrected chi connectivity index (χ0v) is 8.74. The summed E-state index contributed by atoms with van der Waals surface area (Å²) in [5.41, 5.74) is -1.48. The van der Waals surface area contributed by atoms with Crippen LogP contribution in [0.4, 0.5) is 13.2 Å². The number of hydrogen-bond donors (Lipinski definition) is 0. The standard InChI is InChI=1S/C8H10ClF3N2/c1-8(2,3)14-5(7(11)12)4(10)6(9)13-14/h7H,1-3H3. The van der Waals surface area contributed by atoms with Gasteiger partial charge >= 0.3 is 0 Å². The summed E-state index contributed by atoms with van der Waals surface area (Å²) in [6, 6.07) is 0. The van der Waals surface area contributed by atoms with Crippen LogP contribution in [0, 0.1) is 5.82 Å². The molecule has 0 spiro atoms. The Morgan fingerprint density at radius 3 is 2.14 bits per heavy atom. The van der Waals surface area contributed by atoms with Crippen LogP contribution in [-0.4, -0.2) is 9.78 Å². The van der Waals surface area contributed by atoms with E-state index in [1.165, 1.54) is 0 Å². The van der Waals surface area contributed by atoms with E-state index in [0.717, 1.165) is 4.68 Å². The van der Waals surface area contributed by atoms with Crippen LogP contribution in [0.25, 0.3) is 0 Å². The molecule has 0 N–H and O–H groups in total. The summed E-state index contributed by atoms with van der Waals surface area (Å²) in [5, 5.41) is 3.01. The molecule has 1 aromatic rings. The Bertz CT molecular complexity index is 341. The van der Waals surface area contributed by atoms with Crippen LogP contribution in [0.15, 0.2) is 0 Å². The molecule has 0 unspecified atom stereocenters. The Morgan fingerprint density at radius 1 is 1.36 bits per heavy atom. The lowest BCUT2D eigenvalue weighted by atomic mass is 10.1. The molecule has 1 heterocycles. The molecule has 0 aliphatic heterocycles. The highest BCUT2D eigenvalue weighted by molar-refractivity contribution is 6.29. The Morgan fingerprint density at radius 2 is 1.86 bits per heavy atom. The summed E-state index contributed by atoms with van der Waals surface area (Å²) >= 11 is 5.34. The fourth-order valence-corrected chi connectivity index (χ4v) is 1.26. The number of nitrogens with zero attached hydrogens (tertiary/aromatic N) is 2. The smallest absolute Gasteiger partial charge is 0.254 e. The van der Waals surface area contributed by atoms with Crippen LogP contribution < -0.4 is 0 Å². The second-order valence-electron chi connectivity index (χ2n) is 3.87. The molecule has 0 fully saturated rings. The van der Waals surface area contributed by atoms with Gasteiger partial charge in [-0.05, 0) is 20.8 Å². The van der Waals surface area contributed by atoms with Gasteiger partial charge in [-0.15, -0.1) is 0 Å². The van der Waals surface area contributed by atoms with Crippen molar-refractivity contribution < 1.29 is 13.2 Å². The average molecular weight is 227 g/mol. The van der Waals surface area contributed by atoms with Crippen molar-refractivity contribution in [2.45, 2.75) is 32.7 Å². The highest BCUT2D eigenvalue weighted by Crippen LogP contribution is 2.30. The second-order valence-corrected chi connectivity index (χ2v) is 4.23. The lowest BCUT2D eigenvalue weighted by Crippen LogP contribution is -2.25. The van der Waals surface area contributed by atoms with E-state index < -0.39 is 28.6 Å². The molecule has 0 aliphatic carbocycles. The highest BCUT2D eigenvalue weighted by atomic mass is 35.5. The van der Waals surface area contributed by atoms with Gasteiger partial charge in [-0.25, -0.2) is 13.2 Å². The third-order valence-electron chi connectivity index (χ3n) is 1.66. The predicted octanol–water partition coefficient (Wildman–Crippen LogP) is 3.37. The third kappa shape index (κ3) is 1.87. The van der Waals surface area contributed by atoms with Gasteiger partial charge in [0.1, 0.15) is 5.69 Å². The maximum atomic E-state index is 13.1. The summed E-state index contributed by atoms with van der Waals surface area (Å²) in [6.45, 7) is 4.92. The van der Waals surface area contributed by atoms with Crippen molar-refractivity contribution in [3.8, 4) is 0 Å². The van der Waals surface area contributed by atoms with Crippen molar-refractivity contribution in [3.63, 3.8) is 0 Å². The van der Waals surface area contributed by atoms with Gasteiger partial charge in [0.15, 0.2) is 11.0 Å². The molecule has 1 rings (SSSR count). The predicted molar refractivity (Wildman–Crippen MR) is 47.1 cm³/mol. The maximum Gasteiger partial charge on any atom is 0.283 e. The molecule has 0 bridgehead atoms. The molecule has 80 valence electrons. The molecule has 6 heteroatoms. The zero-order valence-electron chi connectivity index (χ0n) is 7.98. The average Bonchev–Trinajstić information content (AvgIpc) is 2.27. The topological polar surface area (TPSA) is 17.8 Å². The van der Waals surface area contributed by atoms with Crippen LogP contribution >= 0.6 is 11.6 Å². The van der Waals surface area contributed by atoms with Gasteiger partial charge in [-0.1, -0.05) is 11.6 Å². The molecule has 0 atom stereocenters. The fraction of sp³-hybridized carbons (Fsp3) is 0.625. The molecular formula is C8H10ClF3N2. The molecule has 0 aliphatic rings. The van der Waals surface area contributed by atoms with Crippen LogP contribution in [0.3, 0.4) is 0 Å². The Kier molecular flexibility index (Phi) is 2.81. The van der Waals surface area contributed by atoms with Crippen LogP contribution in [0.1, 0.15) is 32.9 Å². The van der Waals surface area contributed by atoms with E-state index in [-0.39, 0.29) is 0 Å². The lowest BCUT2D eigenvalue weighted by Gasteiger charge is -2.21. The third-order valence-corrected chi connectivity index (χ3v) is 1.91. The number of hydrogen-bond acceptors (Lipinski definition) is 1. The zero-order chi connectivity index (χ0) is 11.1. The fourth-order valence-electron chi connectivity index (χ4n) is 1.08. The first-order chi connectivity index (χ1) is 6.25. The minimum absolute atomic E-state index is 0.518. The van der Waals surface area contributed by atoms with Gasteiger partial charge < -0.3 is 0 Å². The number of aromatic nitrogens is 2. The largest absolute Gasteiger partial charge is 0.283 e. The van der Waals surface area contributed by atoms with Crippen LogP contribution in [0.5, 0.6) is 0 Å². The van der Waals surface area contributed by atoms with E-state index in [4.69, 9.17) is 11.6 Å². The van der Waals surface area contributed by atoms with E-state index in [1.807, 2.05) is 0 Å². The van der Waals surface area contributed by atoms with E-state index in [1.54, 1.807) is 20.8 Å². The molecule has 0 aromatic carbocycles. The highest BCUT2D eigenvalue weighted by Gasteiger charge is 2.29. The van der Waals surface area contributed by atoms with Gasteiger partial charge in [-0.3, -0.25) is 4.68 Å². The summed E-state index contributed by atoms with van der Waals surface area (Å²) < 4.78 is 39.0. The number of halogens is 4. The van der Waals surface area contributed by atoms with Crippen molar-refractivity contribution in [2.75, 3.05) is 0 Å². The van der Waals surface area contributed by atoms with E-state index >= 15 is 0 Å². The van der Waals surface area contributed by atoms with E-state index in [2.05, 4.69) is 5.10 Å². The molecule has 1 aromatic heterocycles. The van der Waals surface area contributed by atoms with Crippen molar-refractivity contribution in [1.29, 1.82) is 0 Å². The summed E-state index contributed by atoms with van der Waals surface area (Å²) in [6.07, 6.45) is -2.92. The van der Waals surface area contributed by atoms with Crippen molar-refractivity contribution in [3.05, 3.63) is 16.7 Å². The second kappa shape index (κ2) is 3.46. The SMILES string of the molecule is CC(C)(C)n1nc(Cl)c(F)c1C(F)F. The number of rotatable bonds is 1. The minimum atomic E-state index is -2.92. The maximum absolute atomic E-state index is 13.1. The molecule has 2 nitrogen and oxygen atoms in total. The van der Waals surface area contributed by atoms with E-state index in [0.29, 0.717) is 0 Å². The normalized spacial score (nSPS) is 12.6. The van der Waals surface area contributed by atoms with Crippen molar-refractivity contribution in [2.24, 2.45) is 0 Å². The summed E-state index contributed by atoms with van der Waals surface area (Å²) in [4.78, 5) is 0. The van der Waals surface area contributed by atoms with Gasteiger partial charge in [0, 0.05) is 0 Å². The van der Waals surface area contributed by atoms with Crippen LogP contribution in [-0.2, 0) is 5.54 Å². The quantitative estimate of drug-likeness (QED) is 0.718. The Balaban J connectivity index is 3.37. The molecular weight excluding hydrogens is 217 g/mol. The van der Waals surface area contributed by atoms with E-state index in [9.17, 15) is 13.2 Å². The first-order valence-electron chi connectivity index (χ1n) is 3.97. The molecule has 0 amide bonds. The first-order valence-corrected chi connectivity index (χ1v) is 4.35. The molecule has 0 saturated carbocycles.